The van der Waals surface area contributed by atoms with Gasteiger partial charge in [-0.1, -0.05) is 25.7 Å². The molecule has 1 aromatic carbocycles. The lowest BCUT2D eigenvalue weighted by Crippen LogP contribution is -2.34. The molecule has 22 heavy (non-hydrogen) atoms. The Morgan fingerprint density at radius 3 is 2.50 bits per heavy atom. The fourth-order valence-electron chi connectivity index (χ4n) is 2.87. The summed E-state index contributed by atoms with van der Waals surface area (Å²) < 4.78 is 14.5. The summed E-state index contributed by atoms with van der Waals surface area (Å²) in [6.07, 6.45) is 10.2. The van der Waals surface area contributed by atoms with Crippen LogP contribution in [0.5, 0.6) is 0 Å². The smallest absolute Gasteiger partial charge is 0.254 e. The molecule has 1 aliphatic carbocycles. The second kappa shape index (κ2) is 6.73. The number of nitrogens with one attached hydrogen (secondary N) is 1. The molecule has 0 unspecified atom stereocenters. The molecule has 4 nitrogen and oxygen atoms in total. The number of carbonyl (C=O) groups excluding carboxylic acids is 1. The van der Waals surface area contributed by atoms with Crippen LogP contribution in [0.4, 0.5) is 4.39 Å². The van der Waals surface area contributed by atoms with Crippen LogP contribution >= 0.6 is 0 Å². The number of amides is 1. The first-order valence-electron chi connectivity index (χ1n) is 7.84. The summed E-state index contributed by atoms with van der Waals surface area (Å²) in [5.74, 6) is -0.373. The van der Waals surface area contributed by atoms with Crippen molar-refractivity contribution in [1.82, 2.24) is 15.1 Å². The molecule has 1 saturated carbocycles. The first-order chi connectivity index (χ1) is 10.7. The Labute approximate surface area is 129 Å². The van der Waals surface area contributed by atoms with Gasteiger partial charge in [-0.05, 0) is 37.1 Å². The third-order valence-corrected chi connectivity index (χ3v) is 4.13. The molecule has 1 aromatic heterocycles. The maximum Gasteiger partial charge on any atom is 0.254 e. The highest BCUT2D eigenvalue weighted by atomic mass is 19.1. The van der Waals surface area contributed by atoms with Crippen molar-refractivity contribution in [2.75, 3.05) is 0 Å². The fraction of sp³-hybridized carbons (Fsp3) is 0.412. The van der Waals surface area contributed by atoms with Crippen molar-refractivity contribution >= 4 is 5.91 Å². The van der Waals surface area contributed by atoms with E-state index in [1.165, 1.54) is 37.8 Å². The minimum Gasteiger partial charge on any atom is -0.349 e. The van der Waals surface area contributed by atoms with Crippen LogP contribution in [0.25, 0.3) is 5.69 Å². The van der Waals surface area contributed by atoms with Crippen molar-refractivity contribution in [3.05, 3.63) is 48.0 Å². The molecule has 0 saturated heterocycles. The maximum atomic E-state index is 12.9. The summed E-state index contributed by atoms with van der Waals surface area (Å²) >= 11 is 0. The van der Waals surface area contributed by atoms with Crippen LogP contribution in [0.1, 0.15) is 48.9 Å². The number of benzene rings is 1. The van der Waals surface area contributed by atoms with Gasteiger partial charge in [-0.2, -0.15) is 5.10 Å². The second-order valence-corrected chi connectivity index (χ2v) is 5.81. The van der Waals surface area contributed by atoms with E-state index in [1.54, 1.807) is 29.2 Å². The van der Waals surface area contributed by atoms with E-state index < -0.39 is 0 Å². The molecule has 0 atom stereocenters. The molecule has 1 amide bonds. The zero-order chi connectivity index (χ0) is 15.4. The lowest BCUT2D eigenvalue weighted by molar-refractivity contribution is 0.0933. The van der Waals surface area contributed by atoms with Crippen molar-refractivity contribution < 1.29 is 9.18 Å². The molecule has 0 spiro atoms. The molecule has 2 aromatic rings. The van der Waals surface area contributed by atoms with E-state index in [4.69, 9.17) is 0 Å². The molecule has 5 heteroatoms. The number of nitrogens with zero attached hydrogens (tertiary/aromatic N) is 2. The maximum absolute atomic E-state index is 12.9. The van der Waals surface area contributed by atoms with Gasteiger partial charge in [0.15, 0.2) is 0 Å². The number of aromatic nitrogens is 2. The van der Waals surface area contributed by atoms with Gasteiger partial charge in [0.2, 0.25) is 0 Å². The predicted molar refractivity (Wildman–Crippen MR) is 82.5 cm³/mol. The van der Waals surface area contributed by atoms with Gasteiger partial charge in [0, 0.05) is 12.2 Å². The van der Waals surface area contributed by atoms with Crippen LogP contribution in [0, 0.1) is 5.82 Å². The molecule has 0 bridgehead atoms. The third-order valence-electron chi connectivity index (χ3n) is 4.13. The number of hydrogen-bond acceptors (Lipinski definition) is 2. The molecule has 1 N–H and O–H groups in total. The molecule has 1 fully saturated rings. The molecule has 116 valence electrons. The summed E-state index contributed by atoms with van der Waals surface area (Å²) in [5, 5.41) is 7.28. The van der Waals surface area contributed by atoms with Gasteiger partial charge < -0.3 is 5.32 Å². The first-order valence-corrected chi connectivity index (χ1v) is 7.84. The summed E-state index contributed by atoms with van der Waals surface area (Å²) in [5.41, 5.74) is 1.27. The highest BCUT2D eigenvalue weighted by Gasteiger charge is 2.17. The molecular weight excluding hydrogens is 281 g/mol. The van der Waals surface area contributed by atoms with Crippen molar-refractivity contribution in [1.29, 1.82) is 0 Å². The average molecular weight is 301 g/mol. The quantitative estimate of drug-likeness (QED) is 0.882. The van der Waals surface area contributed by atoms with E-state index in [-0.39, 0.29) is 17.8 Å². The first kappa shape index (κ1) is 14.8. The summed E-state index contributed by atoms with van der Waals surface area (Å²) in [6.45, 7) is 0. The molecule has 1 aliphatic rings. The van der Waals surface area contributed by atoms with Gasteiger partial charge >= 0.3 is 0 Å². The lowest BCUT2D eigenvalue weighted by Gasteiger charge is -2.15. The molecule has 3 rings (SSSR count). The minimum absolute atomic E-state index is 0.0831. The average Bonchev–Trinajstić information content (AvgIpc) is 2.88. The van der Waals surface area contributed by atoms with E-state index in [9.17, 15) is 9.18 Å². The normalized spacial score (nSPS) is 16.2. The van der Waals surface area contributed by atoms with E-state index in [0.717, 1.165) is 18.5 Å². The number of rotatable bonds is 3. The standard InChI is InChI=1S/C17H20FN3O/c18-14-7-9-16(10-8-14)21-12-13(11-19-21)17(22)20-15-5-3-1-2-4-6-15/h7-12,15H,1-6H2,(H,20,22). The highest BCUT2D eigenvalue weighted by Crippen LogP contribution is 2.18. The van der Waals surface area contributed by atoms with E-state index >= 15 is 0 Å². The van der Waals surface area contributed by atoms with Crippen molar-refractivity contribution in [2.24, 2.45) is 0 Å². The highest BCUT2D eigenvalue weighted by molar-refractivity contribution is 5.94. The van der Waals surface area contributed by atoms with Crippen LogP contribution in [-0.2, 0) is 0 Å². The molecular formula is C17H20FN3O. The summed E-state index contributed by atoms with van der Waals surface area (Å²) in [6, 6.07) is 6.29. The van der Waals surface area contributed by atoms with Crippen LogP contribution < -0.4 is 5.32 Å². The van der Waals surface area contributed by atoms with Crippen LogP contribution in [-0.4, -0.2) is 21.7 Å². The minimum atomic E-state index is -0.290. The topological polar surface area (TPSA) is 46.9 Å². The Kier molecular flexibility index (Phi) is 4.51. The van der Waals surface area contributed by atoms with E-state index in [0.29, 0.717) is 5.56 Å². The summed E-state index contributed by atoms with van der Waals surface area (Å²) in [7, 11) is 0. The van der Waals surface area contributed by atoms with Gasteiger partial charge in [-0.3, -0.25) is 4.79 Å². The fourth-order valence-corrected chi connectivity index (χ4v) is 2.87. The number of carbonyl (C=O) groups is 1. The Morgan fingerprint density at radius 1 is 1.14 bits per heavy atom. The summed E-state index contributed by atoms with van der Waals surface area (Å²) in [4.78, 5) is 12.3. The van der Waals surface area contributed by atoms with E-state index in [1.807, 2.05) is 0 Å². The SMILES string of the molecule is O=C(NC1CCCCCC1)c1cnn(-c2ccc(F)cc2)c1. The number of halogens is 1. The number of hydrogen-bond donors (Lipinski definition) is 1. The van der Waals surface area contributed by atoms with E-state index in [2.05, 4.69) is 10.4 Å². The van der Waals surface area contributed by atoms with Gasteiger partial charge in [-0.15, -0.1) is 0 Å². The van der Waals surface area contributed by atoms with Gasteiger partial charge in [0.1, 0.15) is 5.82 Å². The lowest BCUT2D eigenvalue weighted by atomic mass is 10.1. The molecule has 0 radical (unpaired) electrons. The molecule has 0 aliphatic heterocycles. The third kappa shape index (κ3) is 3.53. The van der Waals surface area contributed by atoms with Gasteiger partial charge in [-0.25, -0.2) is 9.07 Å². The zero-order valence-electron chi connectivity index (χ0n) is 12.5. The van der Waals surface area contributed by atoms with Crippen LogP contribution in [0.2, 0.25) is 0 Å². The van der Waals surface area contributed by atoms with Gasteiger partial charge in [0.25, 0.3) is 5.91 Å². The Bertz CT molecular complexity index is 628. The van der Waals surface area contributed by atoms with Crippen molar-refractivity contribution in [2.45, 2.75) is 44.6 Å². The van der Waals surface area contributed by atoms with Crippen LogP contribution in [0.3, 0.4) is 0 Å². The largest absolute Gasteiger partial charge is 0.349 e. The van der Waals surface area contributed by atoms with Gasteiger partial charge in [0.05, 0.1) is 17.4 Å². The Morgan fingerprint density at radius 2 is 1.82 bits per heavy atom. The zero-order valence-corrected chi connectivity index (χ0v) is 12.5. The van der Waals surface area contributed by atoms with Crippen molar-refractivity contribution in [3.63, 3.8) is 0 Å². The second-order valence-electron chi connectivity index (χ2n) is 5.81. The Hall–Kier alpha value is -2.17. The molecule has 1 heterocycles. The van der Waals surface area contributed by atoms with Crippen LogP contribution in [0.15, 0.2) is 36.7 Å². The predicted octanol–water partition coefficient (Wildman–Crippen LogP) is 3.46. The Balaban J connectivity index is 1.67. The van der Waals surface area contributed by atoms with Crippen molar-refractivity contribution in [3.8, 4) is 5.69 Å². The monoisotopic (exact) mass is 301 g/mol.